The normalized spacial score (nSPS) is 14.5. The molecule has 1 rings (SSSR count). The van der Waals surface area contributed by atoms with Crippen LogP contribution in [0.2, 0.25) is 0 Å². The summed E-state index contributed by atoms with van der Waals surface area (Å²) in [4.78, 5) is 8.57. The molecule has 0 aliphatic rings. The molecule has 0 aliphatic carbocycles. The summed E-state index contributed by atoms with van der Waals surface area (Å²) in [6.07, 6.45) is 0. The summed E-state index contributed by atoms with van der Waals surface area (Å²) in [5, 5.41) is 9.08. The summed E-state index contributed by atoms with van der Waals surface area (Å²) in [6.45, 7) is 0. The summed E-state index contributed by atoms with van der Waals surface area (Å²) >= 11 is 0. The molecule has 0 spiro atoms. The predicted molar refractivity (Wildman–Crippen MR) is 48.8 cm³/mol. The minimum absolute atomic E-state index is 0. The Morgan fingerprint density at radius 2 is 1.83 bits per heavy atom. The maximum atomic E-state index is 10.4. The van der Waals surface area contributed by atoms with Gasteiger partial charge in [-0.05, 0) is 5.56 Å². The van der Waals surface area contributed by atoms with Gasteiger partial charge in [0.2, 0.25) is 8.03 Å². The van der Waals surface area contributed by atoms with Crippen molar-refractivity contribution in [2.24, 2.45) is 0 Å². The maximum Gasteiger partial charge on any atom is 1.00 e. The topological polar surface area (TPSA) is 92.5 Å². The van der Waals surface area contributed by atoms with Crippen molar-refractivity contribution in [3.05, 3.63) is 35.9 Å². The monoisotopic (exact) mass is 190 g/mol. The number of aliphatic hydroxyl groups excluding tert-OH is 1. The van der Waals surface area contributed by atoms with Gasteiger partial charge in [-0.25, -0.2) is 0 Å². The van der Waals surface area contributed by atoms with Crippen LogP contribution in [0.15, 0.2) is 30.3 Å². The van der Waals surface area contributed by atoms with Gasteiger partial charge in [0.15, 0.2) is 5.85 Å². The summed E-state index contributed by atoms with van der Waals surface area (Å²) < 4.78 is 10.4. The van der Waals surface area contributed by atoms with E-state index in [1.807, 2.05) is 0 Å². The van der Waals surface area contributed by atoms with Gasteiger partial charge >= 0.3 is 1.43 Å². The van der Waals surface area contributed by atoms with Crippen molar-refractivity contribution in [1.82, 2.24) is 6.15 Å². The van der Waals surface area contributed by atoms with Gasteiger partial charge in [-0.15, -0.1) is 0 Å². The first-order chi connectivity index (χ1) is 5.22. The molecule has 0 aromatic heterocycles. The average molecular weight is 190 g/mol. The molecule has 0 aliphatic heterocycles. The van der Waals surface area contributed by atoms with E-state index in [-0.39, 0.29) is 7.58 Å². The number of rotatable bonds is 2. The first kappa shape index (κ1) is 11.3. The van der Waals surface area contributed by atoms with E-state index in [0.717, 1.165) is 0 Å². The molecule has 5 heteroatoms. The van der Waals surface area contributed by atoms with Crippen molar-refractivity contribution in [1.29, 1.82) is 0 Å². The highest BCUT2D eigenvalue weighted by atomic mass is 31.1. The van der Waals surface area contributed by atoms with Crippen molar-refractivity contribution in [2.75, 3.05) is 0 Å². The Bertz CT molecular complexity index is 257. The van der Waals surface area contributed by atoms with Gasteiger partial charge in [-0.2, -0.15) is 0 Å². The van der Waals surface area contributed by atoms with Gasteiger partial charge in [0.1, 0.15) is 0 Å². The standard InChI is InChI=1S/C7H9O3P.H3N/c8-7(11(9)10)6-4-2-1-3-5-6;/h1-5,7-8,11H,(H,9,10);1H3/p+1. The molecular weight excluding hydrogens is 177 g/mol. The van der Waals surface area contributed by atoms with Gasteiger partial charge in [0.25, 0.3) is 0 Å². The number of hydrogen-bond acceptors (Lipinski definition) is 3. The van der Waals surface area contributed by atoms with E-state index in [1.165, 1.54) is 0 Å². The Labute approximate surface area is 72.8 Å². The fourth-order valence-corrected chi connectivity index (χ4v) is 1.26. The molecule has 4 nitrogen and oxygen atoms in total. The summed E-state index contributed by atoms with van der Waals surface area (Å²) in [7, 11) is -2.86. The fraction of sp³-hybridized carbons (Fsp3) is 0.143. The van der Waals surface area contributed by atoms with Crippen molar-refractivity contribution in [3.8, 4) is 0 Å². The van der Waals surface area contributed by atoms with Crippen molar-refractivity contribution in [3.63, 3.8) is 0 Å². The third-order valence-electron chi connectivity index (χ3n) is 1.35. The van der Waals surface area contributed by atoms with E-state index in [2.05, 4.69) is 0 Å². The second-order valence-electron chi connectivity index (χ2n) is 2.15. The Hall–Kier alpha value is -0.670. The summed E-state index contributed by atoms with van der Waals surface area (Å²) in [6, 6.07) is 8.43. The van der Waals surface area contributed by atoms with E-state index in [9.17, 15) is 4.57 Å². The second kappa shape index (κ2) is 5.06. The van der Waals surface area contributed by atoms with Crippen molar-refractivity contribution < 1.29 is 16.0 Å². The lowest BCUT2D eigenvalue weighted by Gasteiger charge is -2.04. The third kappa shape index (κ3) is 2.75. The number of hydrogen-bond donors (Lipinski definition) is 3. The number of aliphatic hydroxyl groups is 1. The first-order valence-corrected chi connectivity index (χ1v) is 4.61. The van der Waals surface area contributed by atoms with Crippen LogP contribution >= 0.6 is 8.03 Å². The van der Waals surface area contributed by atoms with E-state index in [1.54, 1.807) is 30.3 Å². The zero-order valence-corrected chi connectivity index (χ0v) is 7.47. The van der Waals surface area contributed by atoms with E-state index in [0.29, 0.717) is 5.56 Å². The van der Waals surface area contributed by atoms with Gasteiger partial charge in [-0.1, -0.05) is 30.3 Å². The maximum absolute atomic E-state index is 10.4. The molecule has 0 amide bonds. The second-order valence-corrected chi connectivity index (χ2v) is 3.37. The molecule has 0 heterocycles. The van der Waals surface area contributed by atoms with Crippen LogP contribution in [0.4, 0.5) is 0 Å². The molecule has 0 saturated heterocycles. The van der Waals surface area contributed by atoms with Crippen LogP contribution in [0.3, 0.4) is 0 Å². The molecule has 1 aromatic rings. The molecule has 12 heavy (non-hydrogen) atoms. The van der Waals surface area contributed by atoms with Crippen LogP contribution in [0, 0.1) is 0 Å². The van der Waals surface area contributed by atoms with Crippen LogP contribution in [-0.2, 0) is 4.57 Å². The Balaban J connectivity index is 0. The highest BCUT2D eigenvalue weighted by Crippen LogP contribution is 2.34. The first-order valence-electron chi connectivity index (χ1n) is 3.17. The fourth-order valence-electron chi connectivity index (χ4n) is 0.778. The molecule has 2 atom stereocenters. The number of benzene rings is 1. The summed E-state index contributed by atoms with van der Waals surface area (Å²) in [5.74, 6) is -1.22. The van der Waals surface area contributed by atoms with Gasteiger partial charge in [0.05, 0.1) is 0 Å². The molecule has 0 radical (unpaired) electrons. The molecule has 0 bridgehead atoms. The molecule has 5 N–H and O–H groups in total. The smallest absolute Gasteiger partial charge is 0.378 e. The van der Waals surface area contributed by atoms with Crippen molar-refractivity contribution in [2.45, 2.75) is 5.85 Å². The lowest BCUT2D eigenvalue weighted by molar-refractivity contribution is 0.243. The minimum atomic E-state index is -2.86. The lowest BCUT2D eigenvalue weighted by Crippen LogP contribution is -1.89. The van der Waals surface area contributed by atoms with Gasteiger partial charge < -0.3 is 16.2 Å². The molecule has 68 valence electrons. The predicted octanol–water partition coefficient (Wildman–Crippen LogP) is 1.42. The zero-order chi connectivity index (χ0) is 8.27. The van der Waals surface area contributed by atoms with E-state index in [4.69, 9.17) is 10.00 Å². The molecular formula is C7H13NO3P+. The van der Waals surface area contributed by atoms with Crippen LogP contribution in [0.25, 0.3) is 0 Å². The van der Waals surface area contributed by atoms with Crippen LogP contribution in [-0.4, -0.2) is 10.00 Å². The minimum Gasteiger partial charge on any atom is -0.378 e. The quantitative estimate of drug-likeness (QED) is 0.615. The van der Waals surface area contributed by atoms with Crippen LogP contribution in [0.1, 0.15) is 12.8 Å². The van der Waals surface area contributed by atoms with Crippen molar-refractivity contribution >= 4 is 8.03 Å². The average Bonchev–Trinajstić information content (AvgIpc) is 2.05. The van der Waals surface area contributed by atoms with E-state index < -0.39 is 13.9 Å². The van der Waals surface area contributed by atoms with E-state index >= 15 is 0 Å². The Kier molecular flexibility index (Phi) is 4.78. The highest BCUT2D eigenvalue weighted by Gasteiger charge is 2.10. The molecule has 1 aromatic carbocycles. The molecule has 0 fully saturated rings. The Morgan fingerprint density at radius 1 is 1.33 bits per heavy atom. The third-order valence-corrected chi connectivity index (χ3v) is 2.15. The van der Waals surface area contributed by atoms with Gasteiger partial charge in [0, 0.05) is 0 Å². The van der Waals surface area contributed by atoms with Gasteiger partial charge in [-0.3, -0.25) is 4.57 Å². The Morgan fingerprint density at radius 3 is 2.25 bits per heavy atom. The zero-order valence-electron chi connectivity index (χ0n) is 7.47. The lowest BCUT2D eigenvalue weighted by atomic mass is 10.2. The van der Waals surface area contributed by atoms with Crippen LogP contribution in [0.5, 0.6) is 0 Å². The molecule has 0 saturated carbocycles. The SMILES string of the molecule is N.O=[PH](O)C(O)c1ccccc1.[H+]. The largest absolute Gasteiger partial charge is 1.00 e. The van der Waals surface area contributed by atoms with Crippen LogP contribution < -0.4 is 6.15 Å². The molecule has 2 unspecified atom stereocenters. The highest BCUT2D eigenvalue weighted by molar-refractivity contribution is 7.38. The summed E-state index contributed by atoms with van der Waals surface area (Å²) in [5.41, 5.74) is 0.485.